The summed E-state index contributed by atoms with van der Waals surface area (Å²) in [6, 6.07) is 14.4. The number of fused-ring (bicyclic) bond motifs is 1. The summed E-state index contributed by atoms with van der Waals surface area (Å²) in [5, 5.41) is 4.19. The van der Waals surface area contributed by atoms with E-state index in [-0.39, 0.29) is 37.2 Å². The fourth-order valence-electron chi connectivity index (χ4n) is 3.70. The van der Waals surface area contributed by atoms with Crippen LogP contribution in [0.4, 0.5) is 13.2 Å². The molecular formula is C26H21F3N6O3. The lowest BCUT2D eigenvalue weighted by Gasteiger charge is -2.10. The van der Waals surface area contributed by atoms with Gasteiger partial charge in [-0.15, -0.1) is 0 Å². The number of aromatic nitrogens is 6. The average molecular weight is 522 g/mol. The van der Waals surface area contributed by atoms with E-state index in [9.17, 15) is 18.0 Å². The maximum atomic E-state index is 13.0. The lowest BCUT2D eigenvalue weighted by atomic mass is 10.1. The number of ether oxygens (including phenoxy) is 2. The van der Waals surface area contributed by atoms with Crippen LogP contribution in [-0.4, -0.2) is 41.9 Å². The summed E-state index contributed by atoms with van der Waals surface area (Å²) in [7, 11) is 0. The Balaban J connectivity index is 1.51. The Kier molecular flexibility index (Phi) is 6.77. The molecule has 3 aromatic heterocycles. The first kappa shape index (κ1) is 24.9. The topological polar surface area (TPSA) is 97.0 Å². The first-order chi connectivity index (χ1) is 18.3. The number of rotatable bonds is 8. The molecule has 0 saturated carbocycles. The van der Waals surface area contributed by atoms with E-state index in [1.165, 1.54) is 35.5 Å². The van der Waals surface area contributed by atoms with Crippen molar-refractivity contribution in [3.8, 4) is 11.8 Å². The van der Waals surface area contributed by atoms with Crippen LogP contribution in [0.25, 0.3) is 17.1 Å². The molecule has 38 heavy (non-hydrogen) atoms. The van der Waals surface area contributed by atoms with Gasteiger partial charge in [0.25, 0.3) is 5.95 Å². The Labute approximate surface area is 214 Å². The van der Waals surface area contributed by atoms with Crippen LogP contribution < -0.4 is 4.74 Å². The van der Waals surface area contributed by atoms with Crippen LogP contribution in [-0.2, 0) is 24.1 Å². The number of alkyl halides is 3. The van der Waals surface area contributed by atoms with Gasteiger partial charge < -0.3 is 14.0 Å². The third kappa shape index (κ3) is 5.33. The average Bonchev–Trinajstić information content (AvgIpc) is 3.56. The SMILES string of the molecule is CCOC(=O)c1cnn(-c2nc(OCc3ccccc3)c3ncn(Cc4ccc(C(F)(F)F)cc4)c3n2)c1. The Hall–Kier alpha value is -4.74. The summed E-state index contributed by atoms with van der Waals surface area (Å²) in [6.45, 7) is 2.34. The number of esters is 1. The second-order valence-corrected chi connectivity index (χ2v) is 8.24. The van der Waals surface area contributed by atoms with Crippen molar-refractivity contribution in [1.29, 1.82) is 0 Å². The van der Waals surface area contributed by atoms with Crippen molar-refractivity contribution >= 4 is 17.1 Å². The van der Waals surface area contributed by atoms with Gasteiger partial charge in [-0.25, -0.2) is 14.5 Å². The summed E-state index contributed by atoms with van der Waals surface area (Å²) in [5.41, 5.74) is 1.77. The minimum Gasteiger partial charge on any atom is -0.471 e. The summed E-state index contributed by atoms with van der Waals surface area (Å²) < 4.78 is 52.9. The fraction of sp³-hybridized carbons (Fsp3) is 0.192. The summed E-state index contributed by atoms with van der Waals surface area (Å²) in [4.78, 5) is 25.6. The van der Waals surface area contributed by atoms with Crippen molar-refractivity contribution in [1.82, 2.24) is 29.3 Å². The van der Waals surface area contributed by atoms with Crippen molar-refractivity contribution in [2.75, 3.05) is 6.61 Å². The number of hydrogen-bond donors (Lipinski definition) is 0. The highest BCUT2D eigenvalue weighted by Gasteiger charge is 2.30. The van der Waals surface area contributed by atoms with Gasteiger partial charge in [0.15, 0.2) is 11.2 Å². The van der Waals surface area contributed by atoms with E-state index >= 15 is 0 Å². The molecule has 0 unspecified atom stereocenters. The van der Waals surface area contributed by atoms with Gasteiger partial charge in [-0.2, -0.15) is 28.2 Å². The highest BCUT2D eigenvalue weighted by Crippen LogP contribution is 2.29. The number of nitrogens with zero attached hydrogens (tertiary/aromatic N) is 6. The molecule has 0 N–H and O–H groups in total. The van der Waals surface area contributed by atoms with Crippen LogP contribution in [0.15, 0.2) is 73.3 Å². The van der Waals surface area contributed by atoms with Crippen LogP contribution >= 0.6 is 0 Å². The molecule has 0 bridgehead atoms. The van der Waals surface area contributed by atoms with Gasteiger partial charge in [0.2, 0.25) is 5.88 Å². The predicted molar refractivity (Wildman–Crippen MR) is 130 cm³/mol. The largest absolute Gasteiger partial charge is 0.471 e. The molecule has 2 aromatic carbocycles. The molecule has 0 aliphatic carbocycles. The summed E-state index contributed by atoms with van der Waals surface area (Å²) >= 11 is 0. The van der Waals surface area contributed by atoms with E-state index in [1.807, 2.05) is 30.3 Å². The fourth-order valence-corrected chi connectivity index (χ4v) is 3.70. The standard InChI is InChI=1S/C26H21F3N6O3/c1-2-37-24(36)19-12-31-35(14-19)25-32-22-21(23(33-25)38-15-18-6-4-3-5-7-18)30-16-34(22)13-17-8-10-20(11-9-17)26(27,28)29/h3-12,14,16H,2,13,15H2,1H3. The van der Waals surface area contributed by atoms with Crippen molar-refractivity contribution in [3.05, 3.63) is 95.6 Å². The second-order valence-electron chi connectivity index (χ2n) is 8.24. The molecule has 0 saturated heterocycles. The zero-order valence-corrected chi connectivity index (χ0v) is 20.1. The molecule has 0 aliphatic heterocycles. The van der Waals surface area contributed by atoms with E-state index in [2.05, 4.69) is 20.1 Å². The van der Waals surface area contributed by atoms with E-state index in [4.69, 9.17) is 9.47 Å². The summed E-state index contributed by atoms with van der Waals surface area (Å²) in [6.07, 6.45) is -0.116. The Bertz CT molecular complexity index is 1560. The lowest BCUT2D eigenvalue weighted by Crippen LogP contribution is -2.08. The van der Waals surface area contributed by atoms with Crippen LogP contribution in [0.2, 0.25) is 0 Å². The first-order valence-electron chi connectivity index (χ1n) is 11.6. The number of carbonyl (C=O) groups is 1. The Morgan fingerprint density at radius 2 is 1.76 bits per heavy atom. The van der Waals surface area contributed by atoms with Crippen LogP contribution in [0.1, 0.15) is 34.0 Å². The maximum absolute atomic E-state index is 13.0. The van der Waals surface area contributed by atoms with Gasteiger partial charge in [-0.3, -0.25) is 0 Å². The molecule has 0 spiro atoms. The van der Waals surface area contributed by atoms with E-state index < -0.39 is 17.7 Å². The number of imidazole rings is 1. The molecule has 0 fully saturated rings. The number of hydrogen-bond acceptors (Lipinski definition) is 7. The molecule has 5 aromatic rings. The van der Waals surface area contributed by atoms with Crippen molar-refractivity contribution in [3.63, 3.8) is 0 Å². The quantitative estimate of drug-likeness (QED) is 0.269. The highest BCUT2D eigenvalue weighted by atomic mass is 19.4. The van der Waals surface area contributed by atoms with Gasteiger partial charge in [0.05, 0.1) is 36.8 Å². The normalized spacial score (nSPS) is 11.6. The maximum Gasteiger partial charge on any atom is 0.416 e. The molecule has 5 rings (SSSR count). The third-order valence-electron chi connectivity index (χ3n) is 5.57. The Morgan fingerprint density at radius 3 is 2.47 bits per heavy atom. The minimum absolute atomic E-state index is 0.116. The highest BCUT2D eigenvalue weighted by molar-refractivity contribution is 5.88. The van der Waals surface area contributed by atoms with Crippen LogP contribution in [0, 0.1) is 0 Å². The van der Waals surface area contributed by atoms with E-state index in [0.717, 1.165) is 17.7 Å². The summed E-state index contributed by atoms with van der Waals surface area (Å²) in [5.74, 6) is -0.230. The molecule has 0 amide bonds. The zero-order valence-electron chi connectivity index (χ0n) is 20.1. The molecule has 12 heteroatoms. The Morgan fingerprint density at radius 1 is 1.00 bits per heavy atom. The van der Waals surface area contributed by atoms with Gasteiger partial charge in [0.1, 0.15) is 6.61 Å². The molecule has 0 radical (unpaired) electrons. The van der Waals surface area contributed by atoms with Crippen LogP contribution in [0.3, 0.4) is 0 Å². The lowest BCUT2D eigenvalue weighted by molar-refractivity contribution is -0.137. The van der Waals surface area contributed by atoms with E-state index in [1.54, 1.807) is 11.5 Å². The molecule has 0 aliphatic rings. The number of benzene rings is 2. The number of carbonyl (C=O) groups excluding carboxylic acids is 1. The zero-order chi connectivity index (χ0) is 26.7. The van der Waals surface area contributed by atoms with Gasteiger partial charge in [-0.1, -0.05) is 42.5 Å². The predicted octanol–water partition coefficient (Wildman–Crippen LogP) is 4.83. The minimum atomic E-state index is -4.42. The van der Waals surface area contributed by atoms with Gasteiger partial charge in [0, 0.05) is 6.20 Å². The smallest absolute Gasteiger partial charge is 0.416 e. The second kappa shape index (κ2) is 10.3. The van der Waals surface area contributed by atoms with Crippen molar-refractivity contribution in [2.45, 2.75) is 26.3 Å². The molecule has 0 atom stereocenters. The first-order valence-corrected chi connectivity index (χ1v) is 11.6. The van der Waals surface area contributed by atoms with Crippen LogP contribution in [0.5, 0.6) is 5.88 Å². The number of halogens is 3. The van der Waals surface area contributed by atoms with Crippen molar-refractivity contribution < 1.29 is 27.4 Å². The molecular weight excluding hydrogens is 501 g/mol. The third-order valence-corrected chi connectivity index (χ3v) is 5.57. The molecule has 194 valence electrons. The molecule has 9 nitrogen and oxygen atoms in total. The molecule has 3 heterocycles. The van der Waals surface area contributed by atoms with Gasteiger partial charge >= 0.3 is 12.1 Å². The van der Waals surface area contributed by atoms with Gasteiger partial charge in [-0.05, 0) is 30.2 Å². The van der Waals surface area contributed by atoms with Crippen molar-refractivity contribution in [2.24, 2.45) is 0 Å². The monoisotopic (exact) mass is 522 g/mol. The van der Waals surface area contributed by atoms with E-state index in [0.29, 0.717) is 16.7 Å².